The molecule has 0 aliphatic carbocycles. The normalized spacial score (nSPS) is 11.3. The molecule has 2 heterocycles. The molecule has 0 unspecified atom stereocenters. The number of hydrogen-bond donors (Lipinski definition) is 2. The van der Waals surface area contributed by atoms with Crippen LogP contribution in [0.15, 0.2) is 18.2 Å². The van der Waals surface area contributed by atoms with E-state index in [0.29, 0.717) is 42.9 Å². The van der Waals surface area contributed by atoms with Gasteiger partial charge in [-0.2, -0.15) is 10.2 Å². The second-order valence-electron chi connectivity index (χ2n) is 5.70. The third-order valence-electron chi connectivity index (χ3n) is 3.87. The lowest BCUT2D eigenvalue weighted by molar-refractivity contribution is 0.0672. The fraction of sp³-hybridized carbons (Fsp3) is 0.412. The second kappa shape index (κ2) is 7.78. The summed E-state index contributed by atoms with van der Waals surface area (Å²) in [5, 5.41) is 26.9. The van der Waals surface area contributed by atoms with Crippen molar-refractivity contribution in [3.63, 3.8) is 0 Å². The average molecular weight is 346 g/mol. The Morgan fingerprint density at radius 1 is 1.12 bits per heavy atom. The smallest absolute Gasteiger partial charge is 0.354 e. The first-order chi connectivity index (χ1) is 11.8. The van der Waals surface area contributed by atoms with Crippen molar-refractivity contribution in [2.75, 3.05) is 0 Å². The molecule has 2 aromatic heterocycles. The first kappa shape index (κ1) is 18.4. The van der Waals surface area contributed by atoms with Gasteiger partial charge in [-0.15, -0.1) is 0 Å². The van der Waals surface area contributed by atoms with Gasteiger partial charge in [-0.05, 0) is 39.7 Å². The van der Waals surface area contributed by atoms with Crippen molar-refractivity contribution in [3.8, 4) is 0 Å². The summed E-state index contributed by atoms with van der Waals surface area (Å²) in [6.45, 7) is 6.35. The molecule has 25 heavy (non-hydrogen) atoms. The van der Waals surface area contributed by atoms with Crippen LogP contribution in [0.25, 0.3) is 0 Å². The number of allylic oxidation sites excluding steroid dienone is 2. The summed E-state index contributed by atoms with van der Waals surface area (Å²) in [4.78, 5) is 22.6. The molecule has 0 radical (unpaired) electrons. The van der Waals surface area contributed by atoms with Gasteiger partial charge < -0.3 is 10.2 Å². The highest BCUT2D eigenvalue weighted by molar-refractivity contribution is 5.88. The van der Waals surface area contributed by atoms with Gasteiger partial charge in [-0.3, -0.25) is 9.36 Å². The summed E-state index contributed by atoms with van der Waals surface area (Å²) in [6, 6.07) is 1.54. The van der Waals surface area contributed by atoms with Crippen LogP contribution in [0.4, 0.5) is 0 Å². The molecule has 0 fully saturated rings. The first-order valence-corrected chi connectivity index (χ1v) is 8.07. The van der Waals surface area contributed by atoms with Crippen LogP contribution in [0.5, 0.6) is 0 Å². The van der Waals surface area contributed by atoms with Crippen molar-refractivity contribution in [1.29, 1.82) is 0 Å². The van der Waals surface area contributed by atoms with Crippen molar-refractivity contribution in [1.82, 2.24) is 19.6 Å². The van der Waals surface area contributed by atoms with E-state index in [0.717, 1.165) is 0 Å². The highest BCUT2D eigenvalue weighted by Gasteiger charge is 2.19. The minimum absolute atomic E-state index is 0.166. The van der Waals surface area contributed by atoms with Gasteiger partial charge in [0.1, 0.15) is 11.4 Å². The van der Waals surface area contributed by atoms with Gasteiger partial charge in [0.15, 0.2) is 0 Å². The molecular formula is C17H22N4O4. The van der Waals surface area contributed by atoms with Crippen molar-refractivity contribution in [3.05, 3.63) is 46.6 Å². The molecule has 0 bridgehead atoms. The number of aromatic carboxylic acids is 2. The van der Waals surface area contributed by atoms with Crippen molar-refractivity contribution in [2.45, 2.75) is 46.7 Å². The highest BCUT2D eigenvalue weighted by Crippen LogP contribution is 2.16. The zero-order chi connectivity index (χ0) is 18.6. The fourth-order valence-corrected chi connectivity index (χ4v) is 2.74. The van der Waals surface area contributed by atoms with E-state index in [-0.39, 0.29) is 11.4 Å². The molecule has 0 atom stereocenters. The van der Waals surface area contributed by atoms with Gasteiger partial charge in [0.05, 0.1) is 11.4 Å². The Morgan fingerprint density at radius 3 is 2.44 bits per heavy atom. The number of carbonyl (C=O) groups is 2. The van der Waals surface area contributed by atoms with E-state index in [9.17, 15) is 14.7 Å². The third-order valence-corrected chi connectivity index (χ3v) is 3.87. The second-order valence-corrected chi connectivity index (χ2v) is 5.70. The van der Waals surface area contributed by atoms with Crippen LogP contribution in [0, 0.1) is 13.8 Å². The first-order valence-electron chi connectivity index (χ1n) is 8.07. The molecule has 8 heteroatoms. The van der Waals surface area contributed by atoms with E-state index in [1.807, 2.05) is 19.1 Å². The van der Waals surface area contributed by atoms with Crippen LogP contribution < -0.4 is 0 Å². The molecule has 134 valence electrons. The van der Waals surface area contributed by atoms with E-state index < -0.39 is 11.9 Å². The Bertz CT molecular complexity index is 817. The predicted octanol–water partition coefficient (Wildman–Crippen LogP) is 2.30. The van der Waals surface area contributed by atoms with Crippen LogP contribution in [0.2, 0.25) is 0 Å². The van der Waals surface area contributed by atoms with Gasteiger partial charge in [0.25, 0.3) is 0 Å². The van der Waals surface area contributed by atoms with Gasteiger partial charge in [0.2, 0.25) is 0 Å². The summed E-state index contributed by atoms with van der Waals surface area (Å²) in [5.41, 5.74) is 2.46. The molecule has 0 aliphatic rings. The van der Waals surface area contributed by atoms with Gasteiger partial charge in [-0.1, -0.05) is 12.2 Å². The predicted molar refractivity (Wildman–Crippen MR) is 91.0 cm³/mol. The number of hydrogen-bond acceptors (Lipinski definition) is 4. The molecule has 0 aromatic carbocycles. The van der Waals surface area contributed by atoms with Crippen LogP contribution in [-0.4, -0.2) is 41.7 Å². The largest absolute Gasteiger partial charge is 0.477 e. The van der Waals surface area contributed by atoms with E-state index in [4.69, 9.17) is 5.11 Å². The average Bonchev–Trinajstić information content (AvgIpc) is 3.07. The van der Waals surface area contributed by atoms with Crippen molar-refractivity contribution in [2.24, 2.45) is 0 Å². The minimum Gasteiger partial charge on any atom is -0.477 e. The Hall–Kier alpha value is -2.90. The quantitative estimate of drug-likeness (QED) is 0.710. The number of aromatic nitrogens is 4. The van der Waals surface area contributed by atoms with Crippen LogP contribution in [-0.2, 0) is 19.5 Å². The summed E-state index contributed by atoms with van der Waals surface area (Å²) >= 11 is 0. The SMILES string of the molecule is CCn1nc(C)c(C/C=C/CCn2nc(C)cc2C(=O)O)c1C(=O)O. The molecule has 2 rings (SSSR count). The lowest BCUT2D eigenvalue weighted by atomic mass is 10.1. The Kier molecular flexibility index (Phi) is 5.74. The van der Waals surface area contributed by atoms with Crippen LogP contribution >= 0.6 is 0 Å². The number of carboxylic acid groups (broad SMARTS) is 2. The number of nitrogens with zero attached hydrogens (tertiary/aromatic N) is 4. The van der Waals surface area contributed by atoms with Gasteiger partial charge >= 0.3 is 11.9 Å². The highest BCUT2D eigenvalue weighted by atomic mass is 16.4. The standard InChI is InChI=1S/C17H22N4O4/c1-4-20-15(17(24)25)13(12(3)19-20)8-6-5-7-9-21-14(16(22)23)10-11(2)18-21/h5-6,10H,4,7-9H2,1-3H3,(H,22,23)(H,24,25)/b6-5+. The summed E-state index contributed by atoms with van der Waals surface area (Å²) in [5.74, 6) is -1.98. The number of rotatable bonds is 8. The maximum absolute atomic E-state index is 11.4. The summed E-state index contributed by atoms with van der Waals surface area (Å²) in [7, 11) is 0. The molecule has 2 N–H and O–H groups in total. The van der Waals surface area contributed by atoms with Crippen LogP contribution in [0.1, 0.15) is 51.3 Å². The summed E-state index contributed by atoms with van der Waals surface area (Å²) in [6.07, 6.45) is 4.85. The van der Waals surface area contributed by atoms with Crippen molar-refractivity contribution < 1.29 is 19.8 Å². The van der Waals surface area contributed by atoms with E-state index in [1.54, 1.807) is 13.8 Å². The monoisotopic (exact) mass is 346 g/mol. The molecule has 8 nitrogen and oxygen atoms in total. The van der Waals surface area contributed by atoms with Crippen molar-refractivity contribution >= 4 is 11.9 Å². The molecular weight excluding hydrogens is 324 g/mol. The maximum Gasteiger partial charge on any atom is 0.354 e. The topological polar surface area (TPSA) is 110 Å². The molecule has 0 amide bonds. The van der Waals surface area contributed by atoms with E-state index in [2.05, 4.69) is 10.2 Å². The van der Waals surface area contributed by atoms with Gasteiger partial charge in [-0.25, -0.2) is 9.59 Å². The maximum atomic E-state index is 11.4. The van der Waals surface area contributed by atoms with Gasteiger partial charge in [0, 0.05) is 18.7 Å². The molecule has 0 spiro atoms. The van der Waals surface area contributed by atoms with Crippen LogP contribution in [0.3, 0.4) is 0 Å². The zero-order valence-corrected chi connectivity index (χ0v) is 14.6. The number of carboxylic acids is 2. The molecule has 0 aliphatic heterocycles. The molecule has 0 saturated heterocycles. The minimum atomic E-state index is -1.00. The fourth-order valence-electron chi connectivity index (χ4n) is 2.74. The van der Waals surface area contributed by atoms with E-state index in [1.165, 1.54) is 15.4 Å². The lowest BCUT2D eigenvalue weighted by Gasteiger charge is -2.02. The molecule has 2 aromatic rings. The third kappa shape index (κ3) is 4.14. The van der Waals surface area contributed by atoms with E-state index >= 15 is 0 Å². The lowest BCUT2D eigenvalue weighted by Crippen LogP contribution is -2.10. The number of aryl methyl sites for hydroxylation is 4. The Labute approximate surface area is 145 Å². The Balaban J connectivity index is 2.02. The Morgan fingerprint density at radius 2 is 1.84 bits per heavy atom. The zero-order valence-electron chi connectivity index (χ0n) is 14.6. The molecule has 0 saturated carbocycles. The summed E-state index contributed by atoms with van der Waals surface area (Å²) < 4.78 is 2.96.